The van der Waals surface area contributed by atoms with Crippen LogP contribution < -0.4 is 10.6 Å². The molecule has 0 fully saturated rings. The number of nitrogens with two attached hydrogens (primary N) is 1. The second-order valence-corrected chi connectivity index (χ2v) is 6.97. The summed E-state index contributed by atoms with van der Waals surface area (Å²) in [5.41, 5.74) is 5.28. The Labute approximate surface area is 150 Å². The molecule has 0 saturated carbocycles. The van der Waals surface area contributed by atoms with Gasteiger partial charge in [-0.2, -0.15) is 0 Å². The number of anilines is 2. The average molecular weight is 361 g/mol. The number of benzene rings is 2. The van der Waals surface area contributed by atoms with E-state index in [4.69, 9.17) is 5.73 Å². The number of hydrogen-bond acceptors (Lipinski definition) is 4. The molecular formula is C18H20FN3O4. The van der Waals surface area contributed by atoms with Gasteiger partial charge >= 0.3 is 6.09 Å². The summed E-state index contributed by atoms with van der Waals surface area (Å²) in [6, 6.07) is 8.65. The first-order valence-corrected chi connectivity index (χ1v) is 7.84. The van der Waals surface area contributed by atoms with E-state index in [0.717, 1.165) is 11.0 Å². The van der Waals surface area contributed by atoms with E-state index in [1.807, 2.05) is 20.8 Å². The van der Waals surface area contributed by atoms with Crippen molar-refractivity contribution < 1.29 is 19.2 Å². The van der Waals surface area contributed by atoms with Crippen LogP contribution >= 0.6 is 0 Å². The van der Waals surface area contributed by atoms with Crippen molar-refractivity contribution in [1.29, 1.82) is 0 Å². The number of carbonyl (C=O) groups is 1. The van der Waals surface area contributed by atoms with Gasteiger partial charge in [-0.25, -0.2) is 9.18 Å². The van der Waals surface area contributed by atoms with E-state index in [1.165, 1.54) is 36.4 Å². The van der Waals surface area contributed by atoms with Crippen LogP contribution in [-0.4, -0.2) is 16.1 Å². The summed E-state index contributed by atoms with van der Waals surface area (Å²) in [6.45, 7) is 5.51. The first-order valence-electron chi connectivity index (χ1n) is 7.84. The Morgan fingerprint density at radius 1 is 1.23 bits per heavy atom. The molecular weight excluding hydrogens is 341 g/mol. The minimum atomic E-state index is -1.28. The molecule has 0 spiro atoms. The second-order valence-electron chi connectivity index (χ2n) is 6.97. The maximum atomic E-state index is 13.3. The van der Waals surface area contributed by atoms with Crippen molar-refractivity contribution in [3.05, 3.63) is 64.0 Å². The SMILES string of the molecule is CC(C)(C)C(c1ccc(F)cc1)N(C(=O)O)c1ccc(N)c([N+](=O)[O-])c1. The molecule has 2 rings (SSSR count). The molecule has 1 unspecified atom stereocenters. The molecule has 1 amide bonds. The zero-order valence-electron chi connectivity index (χ0n) is 14.6. The lowest BCUT2D eigenvalue weighted by atomic mass is 9.81. The fourth-order valence-corrected chi connectivity index (χ4v) is 2.89. The van der Waals surface area contributed by atoms with Gasteiger partial charge in [0.2, 0.25) is 0 Å². The van der Waals surface area contributed by atoms with Crippen molar-refractivity contribution in [2.45, 2.75) is 26.8 Å². The van der Waals surface area contributed by atoms with E-state index in [1.54, 1.807) is 0 Å². The van der Waals surface area contributed by atoms with Crippen molar-refractivity contribution in [2.75, 3.05) is 10.6 Å². The van der Waals surface area contributed by atoms with Crippen molar-refractivity contribution in [3.63, 3.8) is 0 Å². The van der Waals surface area contributed by atoms with E-state index < -0.39 is 28.3 Å². The third kappa shape index (κ3) is 3.90. The van der Waals surface area contributed by atoms with Crippen molar-refractivity contribution >= 4 is 23.2 Å². The number of nitro groups is 1. The van der Waals surface area contributed by atoms with Crippen LogP contribution in [0.3, 0.4) is 0 Å². The molecule has 0 aromatic heterocycles. The maximum Gasteiger partial charge on any atom is 0.412 e. The number of rotatable bonds is 4. The first-order chi connectivity index (χ1) is 12.0. The third-order valence-electron chi connectivity index (χ3n) is 3.96. The first kappa shape index (κ1) is 19.2. The molecule has 8 heteroatoms. The van der Waals surface area contributed by atoms with Gasteiger partial charge in [0.05, 0.1) is 16.7 Å². The highest BCUT2D eigenvalue weighted by Gasteiger charge is 2.36. The normalized spacial score (nSPS) is 12.5. The van der Waals surface area contributed by atoms with Crippen LogP contribution in [0.1, 0.15) is 32.4 Å². The molecule has 1 atom stereocenters. The predicted molar refractivity (Wildman–Crippen MR) is 96.6 cm³/mol. The Kier molecular flexibility index (Phi) is 5.15. The van der Waals surface area contributed by atoms with E-state index in [0.29, 0.717) is 5.56 Å². The second kappa shape index (κ2) is 6.99. The van der Waals surface area contributed by atoms with Crippen LogP contribution in [0.5, 0.6) is 0 Å². The highest BCUT2D eigenvalue weighted by Crippen LogP contribution is 2.42. The van der Waals surface area contributed by atoms with Crippen molar-refractivity contribution in [3.8, 4) is 0 Å². The van der Waals surface area contributed by atoms with Crippen LogP contribution in [0.4, 0.5) is 26.2 Å². The molecule has 26 heavy (non-hydrogen) atoms. The lowest BCUT2D eigenvalue weighted by Gasteiger charge is -2.39. The van der Waals surface area contributed by atoms with E-state index in [-0.39, 0.29) is 17.1 Å². The molecule has 0 saturated heterocycles. The molecule has 0 aliphatic heterocycles. The molecule has 0 radical (unpaired) electrons. The highest BCUT2D eigenvalue weighted by molar-refractivity contribution is 5.88. The molecule has 138 valence electrons. The molecule has 0 aliphatic carbocycles. The standard InChI is InChI=1S/C18H20FN3O4/c1-18(2,3)16(11-4-6-12(19)7-5-11)21(17(23)24)13-8-9-14(20)15(10-13)22(25)26/h4-10,16H,20H2,1-3H3,(H,23,24). The molecule has 2 aromatic rings. The van der Waals surface area contributed by atoms with Gasteiger partial charge in [0.15, 0.2) is 0 Å². The summed E-state index contributed by atoms with van der Waals surface area (Å²) in [5, 5.41) is 21.0. The maximum absolute atomic E-state index is 13.3. The average Bonchev–Trinajstić information content (AvgIpc) is 2.53. The Balaban J connectivity index is 2.65. The van der Waals surface area contributed by atoms with Gasteiger partial charge in [0, 0.05) is 6.07 Å². The molecule has 2 aromatic carbocycles. The summed E-state index contributed by atoms with van der Waals surface area (Å²) in [5.74, 6) is -0.439. The van der Waals surface area contributed by atoms with Gasteiger partial charge in [0.1, 0.15) is 11.5 Å². The molecule has 0 aliphatic rings. The summed E-state index contributed by atoms with van der Waals surface area (Å²) in [6.07, 6.45) is -1.28. The van der Waals surface area contributed by atoms with Gasteiger partial charge in [0.25, 0.3) is 5.69 Å². The monoisotopic (exact) mass is 361 g/mol. The van der Waals surface area contributed by atoms with Gasteiger partial charge in [-0.1, -0.05) is 32.9 Å². The summed E-state index contributed by atoms with van der Waals surface area (Å²) in [7, 11) is 0. The predicted octanol–water partition coefficient (Wildman–Crippen LogP) is 4.59. The number of nitro benzene ring substituents is 1. The Morgan fingerprint density at radius 3 is 2.27 bits per heavy atom. The lowest BCUT2D eigenvalue weighted by molar-refractivity contribution is -0.383. The van der Waals surface area contributed by atoms with Gasteiger partial charge in [-0.15, -0.1) is 0 Å². The fraction of sp³-hybridized carbons (Fsp3) is 0.278. The van der Waals surface area contributed by atoms with Crippen molar-refractivity contribution in [1.82, 2.24) is 0 Å². The van der Waals surface area contributed by atoms with E-state index >= 15 is 0 Å². The molecule has 7 nitrogen and oxygen atoms in total. The number of carboxylic acid groups (broad SMARTS) is 1. The van der Waals surface area contributed by atoms with Crippen LogP contribution in [0, 0.1) is 21.3 Å². The molecule has 3 N–H and O–H groups in total. The van der Waals surface area contributed by atoms with Crippen LogP contribution in [-0.2, 0) is 0 Å². The summed E-state index contributed by atoms with van der Waals surface area (Å²) in [4.78, 5) is 23.6. The lowest BCUT2D eigenvalue weighted by Crippen LogP contribution is -2.40. The summed E-state index contributed by atoms with van der Waals surface area (Å²) < 4.78 is 13.3. The third-order valence-corrected chi connectivity index (χ3v) is 3.96. The largest absolute Gasteiger partial charge is 0.465 e. The molecule has 0 bridgehead atoms. The zero-order valence-corrected chi connectivity index (χ0v) is 14.6. The van der Waals surface area contributed by atoms with Crippen LogP contribution in [0.2, 0.25) is 0 Å². The zero-order chi connectivity index (χ0) is 19.6. The van der Waals surface area contributed by atoms with Gasteiger partial charge in [-0.3, -0.25) is 15.0 Å². The van der Waals surface area contributed by atoms with Gasteiger partial charge < -0.3 is 10.8 Å². The Hall–Kier alpha value is -3.16. The Bertz CT molecular complexity index is 831. The number of nitrogen functional groups attached to an aromatic ring is 1. The number of amides is 1. The minimum absolute atomic E-state index is 0.0572. The quantitative estimate of drug-likeness (QED) is 0.470. The Morgan fingerprint density at radius 2 is 1.81 bits per heavy atom. The number of nitrogens with zero attached hydrogens (tertiary/aromatic N) is 2. The fourth-order valence-electron chi connectivity index (χ4n) is 2.89. The number of halogens is 1. The van der Waals surface area contributed by atoms with E-state index in [9.17, 15) is 24.4 Å². The topological polar surface area (TPSA) is 110 Å². The highest BCUT2D eigenvalue weighted by atomic mass is 19.1. The number of hydrogen-bond donors (Lipinski definition) is 2. The molecule has 0 heterocycles. The van der Waals surface area contributed by atoms with Crippen molar-refractivity contribution in [2.24, 2.45) is 5.41 Å². The van der Waals surface area contributed by atoms with Crippen LogP contribution in [0.15, 0.2) is 42.5 Å². The minimum Gasteiger partial charge on any atom is -0.465 e. The van der Waals surface area contributed by atoms with E-state index in [2.05, 4.69) is 0 Å². The smallest absolute Gasteiger partial charge is 0.412 e. The van der Waals surface area contributed by atoms with Gasteiger partial charge in [-0.05, 0) is 35.2 Å². The summed E-state index contributed by atoms with van der Waals surface area (Å²) >= 11 is 0. The van der Waals surface area contributed by atoms with Crippen LogP contribution in [0.25, 0.3) is 0 Å².